The van der Waals surface area contributed by atoms with Gasteiger partial charge in [-0.2, -0.15) is 0 Å². The zero-order chi connectivity index (χ0) is 18.2. The summed E-state index contributed by atoms with van der Waals surface area (Å²) in [6.45, 7) is 14.3. The Hall–Kier alpha value is 0. The lowest BCUT2D eigenvalue weighted by Crippen LogP contribution is -2.00. The smallest absolute Gasteiger partial charge is 0.0443 e. The number of rotatable bonds is 17. The topological polar surface area (TPSA) is 0 Å². The highest BCUT2D eigenvalue weighted by atomic mass is 14.1. The maximum Gasteiger partial charge on any atom is -0.0443 e. The van der Waals surface area contributed by atoms with Gasteiger partial charge in [-0.3, -0.25) is 0 Å². The Labute approximate surface area is 155 Å². The van der Waals surface area contributed by atoms with Crippen molar-refractivity contribution >= 4 is 0 Å². The number of hydrogen-bond donors (Lipinski definition) is 0. The van der Waals surface area contributed by atoms with Crippen LogP contribution in [0, 0.1) is 23.7 Å². The zero-order valence-corrected chi connectivity index (χ0v) is 18.2. The maximum absolute atomic E-state index is 2.48. The van der Waals surface area contributed by atoms with Gasteiger partial charge in [0.2, 0.25) is 0 Å². The van der Waals surface area contributed by atoms with Crippen molar-refractivity contribution in [3.05, 3.63) is 0 Å². The highest BCUT2D eigenvalue weighted by molar-refractivity contribution is 4.59. The number of hydrogen-bond acceptors (Lipinski definition) is 0. The van der Waals surface area contributed by atoms with E-state index < -0.39 is 0 Å². The Kier molecular flexibility index (Phi) is 16.5. The summed E-state index contributed by atoms with van der Waals surface area (Å²) in [4.78, 5) is 0. The van der Waals surface area contributed by atoms with Crippen LogP contribution in [0.1, 0.15) is 131 Å². The van der Waals surface area contributed by atoms with Crippen LogP contribution < -0.4 is 0 Å². The van der Waals surface area contributed by atoms with E-state index in [0.717, 1.165) is 23.7 Å². The summed E-state index contributed by atoms with van der Waals surface area (Å²) in [5.41, 5.74) is 0. The second kappa shape index (κ2) is 16.5. The highest BCUT2D eigenvalue weighted by Crippen LogP contribution is 2.22. The van der Waals surface area contributed by atoms with E-state index in [2.05, 4.69) is 41.5 Å². The van der Waals surface area contributed by atoms with Crippen molar-refractivity contribution in [3.63, 3.8) is 0 Å². The van der Waals surface area contributed by atoms with E-state index in [4.69, 9.17) is 0 Å². The molecule has 0 aromatic heterocycles. The molecule has 24 heavy (non-hydrogen) atoms. The van der Waals surface area contributed by atoms with Crippen molar-refractivity contribution in [3.8, 4) is 0 Å². The van der Waals surface area contributed by atoms with Gasteiger partial charge in [0.25, 0.3) is 0 Å². The van der Waals surface area contributed by atoms with E-state index in [9.17, 15) is 0 Å². The van der Waals surface area contributed by atoms with Gasteiger partial charge in [-0.1, -0.05) is 131 Å². The minimum absolute atomic E-state index is 0.882. The quantitative estimate of drug-likeness (QED) is 0.232. The fourth-order valence-electron chi connectivity index (χ4n) is 3.73. The SMILES string of the molecule is CC(C)CCCCCCCCC(C)CCCC(C)CCCC(C)C. The molecule has 0 aliphatic rings. The Morgan fingerprint density at radius 2 is 0.625 bits per heavy atom. The summed E-state index contributed by atoms with van der Waals surface area (Å²) in [5.74, 6) is 3.67. The minimum Gasteiger partial charge on any atom is -0.0628 e. The van der Waals surface area contributed by atoms with Crippen LogP contribution in [0.4, 0.5) is 0 Å². The van der Waals surface area contributed by atoms with Gasteiger partial charge in [-0.15, -0.1) is 0 Å². The molecule has 0 rings (SSSR count). The van der Waals surface area contributed by atoms with Gasteiger partial charge in [-0.05, 0) is 23.7 Å². The van der Waals surface area contributed by atoms with E-state index in [1.165, 1.54) is 89.9 Å². The zero-order valence-electron chi connectivity index (χ0n) is 18.2. The van der Waals surface area contributed by atoms with Gasteiger partial charge >= 0.3 is 0 Å². The average Bonchev–Trinajstić information content (AvgIpc) is 2.49. The third-order valence-electron chi connectivity index (χ3n) is 5.60. The van der Waals surface area contributed by atoms with Crippen LogP contribution in [-0.2, 0) is 0 Å². The van der Waals surface area contributed by atoms with Crippen LogP contribution >= 0.6 is 0 Å². The summed E-state index contributed by atoms with van der Waals surface area (Å²) in [5, 5.41) is 0. The molecular formula is C24H50. The molecule has 0 aliphatic heterocycles. The standard InChI is InChI=1S/C24H50/c1-21(2)15-11-9-7-8-10-12-17-23(5)19-14-20-24(6)18-13-16-22(3)4/h21-24H,7-20H2,1-6H3. The largest absolute Gasteiger partial charge is 0.0628 e. The van der Waals surface area contributed by atoms with Crippen LogP contribution in [0.15, 0.2) is 0 Å². The van der Waals surface area contributed by atoms with Crippen molar-refractivity contribution in [2.24, 2.45) is 23.7 Å². The molecule has 2 atom stereocenters. The van der Waals surface area contributed by atoms with E-state index in [0.29, 0.717) is 0 Å². The van der Waals surface area contributed by atoms with Crippen molar-refractivity contribution in [2.75, 3.05) is 0 Å². The Balaban J connectivity index is 3.33. The summed E-state index contributed by atoms with van der Waals surface area (Å²) >= 11 is 0. The van der Waals surface area contributed by atoms with Gasteiger partial charge in [0, 0.05) is 0 Å². The van der Waals surface area contributed by atoms with E-state index >= 15 is 0 Å². The third kappa shape index (κ3) is 18.3. The first kappa shape index (κ1) is 24.0. The normalized spacial score (nSPS) is 14.5. The monoisotopic (exact) mass is 338 g/mol. The molecule has 0 spiro atoms. The third-order valence-corrected chi connectivity index (χ3v) is 5.60. The van der Waals surface area contributed by atoms with Crippen LogP contribution in [0.2, 0.25) is 0 Å². The minimum atomic E-state index is 0.882. The summed E-state index contributed by atoms with van der Waals surface area (Å²) < 4.78 is 0. The van der Waals surface area contributed by atoms with E-state index in [1.54, 1.807) is 0 Å². The van der Waals surface area contributed by atoms with Gasteiger partial charge in [-0.25, -0.2) is 0 Å². The molecule has 0 aromatic carbocycles. The van der Waals surface area contributed by atoms with Gasteiger partial charge in [0.05, 0.1) is 0 Å². The first-order chi connectivity index (χ1) is 11.4. The van der Waals surface area contributed by atoms with Crippen LogP contribution in [0.5, 0.6) is 0 Å². The highest BCUT2D eigenvalue weighted by Gasteiger charge is 2.06. The van der Waals surface area contributed by atoms with Crippen LogP contribution in [0.25, 0.3) is 0 Å². The molecule has 0 bridgehead atoms. The molecule has 0 fully saturated rings. The molecule has 146 valence electrons. The van der Waals surface area contributed by atoms with Gasteiger partial charge in [0.1, 0.15) is 0 Å². The summed E-state index contributed by atoms with van der Waals surface area (Å²) in [6, 6.07) is 0. The molecule has 2 unspecified atom stereocenters. The fraction of sp³-hybridized carbons (Fsp3) is 1.00. The molecule has 0 amide bonds. The second-order valence-corrected chi connectivity index (χ2v) is 9.56. The lowest BCUT2D eigenvalue weighted by atomic mass is 9.91. The van der Waals surface area contributed by atoms with Crippen LogP contribution in [-0.4, -0.2) is 0 Å². The van der Waals surface area contributed by atoms with E-state index in [-0.39, 0.29) is 0 Å². The molecule has 0 nitrogen and oxygen atoms in total. The Bertz CT molecular complexity index is 240. The predicted octanol–water partition coefficient (Wildman–Crippen LogP) is 9.03. The van der Waals surface area contributed by atoms with Crippen molar-refractivity contribution < 1.29 is 0 Å². The lowest BCUT2D eigenvalue weighted by Gasteiger charge is -2.15. The summed E-state index contributed by atoms with van der Waals surface area (Å²) in [7, 11) is 0. The Morgan fingerprint density at radius 1 is 0.333 bits per heavy atom. The van der Waals surface area contributed by atoms with Crippen LogP contribution in [0.3, 0.4) is 0 Å². The molecule has 0 N–H and O–H groups in total. The molecule has 0 heterocycles. The summed E-state index contributed by atoms with van der Waals surface area (Å²) in [6.07, 6.45) is 20.3. The average molecular weight is 339 g/mol. The Morgan fingerprint density at radius 3 is 1.08 bits per heavy atom. The predicted molar refractivity (Wildman–Crippen MR) is 113 cm³/mol. The molecule has 0 aliphatic carbocycles. The van der Waals surface area contributed by atoms with Gasteiger partial charge < -0.3 is 0 Å². The molecule has 0 saturated heterocycles. The lowest BCUT2D eigenvalue weighted by molar-refractivity contribution is 0.385. The molecule has 0 heteroatoms. The first-order valence-electron chi connectivity index (χ1n) is 11.4. The van der Waals surface area contributed by atoms with Crippen molar-refractivity contribution in [1.29, 1.82) is 0 Å². The van der Waals surface area contributed by atoms with E-state index in [1.807, 2.05) is 0 Å². The number of unbranched alkanes of at least 4 members (excludes halogenated alkanes) is 5. The second-order valence-electron chi connectivity index (χ2n) is 9.56. The molecule has 0 aromatic rings. The maximum atomic E-state index is 2.48. The van der Waals surface area contributed by atoms with Crippen molar-refractivity contribution in [2.45, 2.75) is 131 Å². The van der Waals surface area contributed by atoms with Gasteiger partial charge in [0.15, 0.2) is 0 Å². The van der Waals surface area contributed by atoms with Crippen molar-refractivity contribution in [1.82, 2.24) is 0 Å². The fourth-order valence-corrected chi connectivity index (χ4v) is 3.73. The molecule has 0 saturated carbocycles. The first-order valence-corrected chi connectivity index (χ1v) is 11.4. The molecule has 0 radical (unpaired) electrons. The molecular weight excluding hydrogens is 288 g/mol.